The molecule has 2 aromatic carbocycles. The molecule has 3 atom stereocenters. The van der Waals surface area contributed by atoms with E-state index < -0.39 is 35.4 Å². The minimum absolute atomic E-state index is 0.0820. The summed E-state index contributed by atoms with van der Waals surface area (Å²) in [5, 5.41) is 23.4. The van der Waals surface area contributed by atoms with Gasteiger partial charge in [-0.1, -0.05) is 41.9 Å². The molecule has 0 spiro atoms. The van der Waals surface area contributed by atoms with E-state index in [0.29, 0.717) is 16.3 Å². The summed E-state index contributed by atoms with van der Waals surface area (Å²) in [6.45, 7) is 1.59. The number of thioether (sulfide) groups is 1. The predicted molar refractivity (Wildman–Crippen MR) is 148 cm³/mol. The van der Waals surface area contributed by atoms with E-state index in [1.165, 1.54) is 24.9 Å². The van der Waals surface area contributed by atoms with Gasteiger partial charge in [-0.05, 0) is 60.4 Å². The van der Waals surface area contributed by atoms with Gasteiger partial charge in [0.15, 0.2) is 0 Å². The maximum absolute atomic E-state index is 13.0. The predicted octanol–water partition coefficient (Wildman–Crippen LogP) is 4.44. The molecular weight excluding hydrogens is 540 g/mol. The van der Waals surface area contributed by atoms with Gasteiger partial charge < -0.3 is 10.4 Å². The van der Waals surface area contributed by atoms with Gasteiger partial charge in [-0.3, -0.25) is 24.7 Å². The van der Waals surface area contributed by atoms with Crippen molar-refractivity contribution in [2.24, 2.45) is 5.92 Å². The van der Waals surface area contributed by atoms with Crippen LogP contribution >= 0.6 is 23.4 Å². The minimum atomic E-state index is -1.45. The van der Waals surface area contributed by atoms with Crippen LogP contribution in [0.15, 0.2) is 78.0 Å². The Morgan fingerprint density at radius 3 is 2.44 bits per heavy atom. The molecule has 1 aliphatic rings. The zero-order chi connectivity index (χ0) is 28.0. The van der Waals surface area contributed by atoms with Gasteiger partial charge in [0.1, 0.15) is 0 Å². The molecule has 4 N–H and O–H groups in total. The first-order chi connectivity index (χ1) is 18.7. The van der Waals surface area contributed by atoms with E-state index in [1.807, 2.05) is 48.5 Å². The molecule has 1 aliphatic heterocycles. The number of pyridine rings is 1. The lowest BCUT2D eigenvalue weighted by Crippen LogP contribution is -2.45. The first-order valence-electron chi connectivity index (χ1n) is 12.3. The standard InChI is InChI=1S/C28H29ClN4O5S/c1-28(37)15-24(34)33(25(28)20-3-2-13-30-16-20)27(36)31-14-12-21(26(35)32-38)17-39-23-10-6-19(7-11-23)18-4-8-22(29)9-5-18/h2-11,13,16,21,25,37-38H,12,14-15,17H2,1H3,(H,31,36)(H,32,35)/t21?,25?,28-/m0/s1. The third-order valence-electron chi connectivity index (χ3n) is 6.58. The largest absolute Gasteiger partial charge is 0.387 e. The Morgan fingerprint density at radius 2 is 1.82 bits per heavy atom. The fourth-order valence-corrected chi connectivity index (χ4v) is 5.76. The number of hydroxylamine groups is 1. The fourth-order valence-electron chi connectivity index (χ4n) is 4.59. The van der Waals surface area contributed by atoms with Gasteiger partial charge in [0.05, 0.1) is 24.0 Å². The molecule has 0 radical (unpaired) electrons. The van der Waals surface area contributed by atoms with E-state index in [-0.39, 0.29) is 19.4 Å². The Labute approximate surface area is 235 Å². The van der Waals surface area contributed by atoms with Gasteiger partial charge in [0.25, 0.3) is 0 Å². The molecule has 1 fully saturated rings. The van der Waals surface area contributed by atoms with Crippen molar-refractivity contribution < 1.29 is 24.7 Å². The highest BCUT2D eigenvalue weighted by Gasteiger charge is 2.51. The molecule has 1 aromatic heterocycles. The molecule has 2 heterocycles. The SMILES string of the molecule is C[C@]1(O)CC(=O)N(C(=O)NCCC(CSc2ccc(-c3ccc(Cl)cc3)cc2)C(=O)NO)C1c1cccnc1. The highest BCUT2D eigenvalue weighted by atomic mass is 35.5. The third kappa shape index (κ3) is 6.96. The summed E-state index contributed by atoms with van der Waals surface area (Å²) in [5.41, 5.74) is 2.86. The number of nitrogens with one attached hydrogen (secondary N) is 2. The highest BCUT2D eigenvalue weighted by Crippen LogP contribution is 2.40. The van der Waals surface area contributed by atoms with Gasteiger partial charge in [-0.2, -0.15) is 0 Å². The minimum Gasteiger partial charge on any atom is -0.387 e. The number of aliphatic hydroxyl groups is 1. The molecule has 204 valence electrons. The van der Waals surface area contributed by atoms with Crippen molar-refractivity contribution in [2.75, 3.05) is 12.3 Å². The van der Waals surface area contributed by atoms with Crippen LogP contribution in [-0.2, 0) is 9.59 Å². The van der Waals surface area contributed by atoms with Crippen LogP contribution in [0.4, 0.5) is 4.79 Å². The molecule has 9 nitrogen and oxygen atoms in total. The number of nitrogens with zero attached hydrogens (tertiary/aromatic N) is 2. The first kappa shape index (κ1) is 28.6. The molecular formula is C28H29ClN4O5S. The fraction of sp³-hybridized carbons (Fsp3) is 0.286. The number of carbonyl (C=O) groups excluding carboxylic acids is 3. The number of aromatic nitrogens is 1. The normalized spacial score (nSPS) is 19.5. The third-order valence-corrected chi connectivity index (χ3v) is 8.00. The Bertz CT molecular complexity index is 1310. The number of benzene rings is 2. The lowest BCUT2D eigenvalue weighted by Gasteiger charge is -2.30. The lowest BCUT2D eigenvalue weighted by molar-refractivity contribution is -0.133. The maximum atomic E-state index is 13.0. The number of likely N-dealkylation sites (tertiary alicyclic amines) is 1. The second-order valence-electron chi connectivity index (χ2n) is 9.52. The van der Waals surface area contributed by atoms with Gasteiger partial charge >= 0.3 is 6.03 Å². The smallest absolute Gasteiger partial charge is 0.324 e. The molecule has 4 rings (SSSR count). The second kappa shape index (κ2) is 12.6. The Hall–Kier alpha value is -3.44. The summed E-state index contributed by atoms with van der Waals surface area (Å²) in [5.74, 6) is -1.32. The number of amides is 4. The molecule has 0 bridgehead atoms. The molecule has 1 saturated heterocycles. The molecule has 4 amide bonds. The van der Waals surface area contributed by atoms with E-state index in [1.54, 1.807) is 23.8 Å². The average molecular weight is 569 g/mol. The number of carbonyl (C=O) groups is 3. The van der Waals surface area contributed by atoms with E-state index in [4.69, 9.17) is 11.6 Å². The summed E-state index contributed by atoms with van der Waals surface area (Å²) in [4.78, 5) is 43.9. The Morgan fingerprint density at radius 1 is 1.15 bits per heavy atom. The quantitative estimate of drug-likeness (QED) is 0.170. The van der Waals surface area contributed by atoms with Gasteiger partial charge in [-0.15, -0.1) is 11.8 Å². The van der Waals surface area contributed by atoms with Crippen molar-refractivity contribution in [1.82, 2.24) is 20.7 Å². The van der Waals surface area contributed by atoms with Crippen molar-refractivity contribution in [1.29, 1.82) is 0 Å². The van der Waals surface area contributed by atoms with E-state index in [0.717, 1.165) is 20.9 Å². The lowest BCUT2D eigenvalue weighted by atomic mass is 9.92. The van der Waals surface area contributed by atoms with Gasteiger partial charge in [0.2, 0.25) is 11.8 Å². The van der Waals surface area contributed by atoms with Crippen LogP contribution in [0.3, 0.4) is 0 Å². The molecule has 39 heavy (non-hydrogen) atoms. The summed E-state index contributed by atoms with van der Waals surface area (Å²) in [7, 11) is 0. The van der Waals surface area contributed by atoms with Crippen molar-refractivity contribution in [3.05, 3.63) is 83.6 Å². The second-order valence-corrected chi connectivity index (χ2v) is 11.1. The number of hydrogen-bond acceptors (Lipinski definition) is 7. The van der Waals surface area contributed by atoms with Crippen LogP contribution in [0.5, 0.6) is 0 Å². The van der Waals surface area contributed by atoms with E-state index in [9.17, 15) is 24.7 Å². The van der Waals surface area contributed by atoms with Crippen LogP contribution < -0.4 is 10.8 Å². The van der Waals surface area contributed by atoms with Crippen molar-refractivity contribution in [3.8, 4) is 11.1 Å². The van der Waals surface area contributed by atoms with Crippen molar-refractivity contribution >= 4 is 41.2 Å². The van der Waals surface area contributed by atoms with Gasteiger partial charge in [0, 0.05) is 34.6 Å². The number of rotatable bonds is 9. The number of halogens is 1. The zero-order valence-corrected chi connectivity index (χ0v) is 22.8. The summed E-state index contributed by atoms with van der Waals surface area (Å²) in [6.07, 6.45) is 3.10. The van der Waals surface area contributed by atoms with Crippen molar-refractivity contribution in [3.63, 3.8) is 0 Å². The summed E-state index contributed by atoms with van der Waals surface area (Å²) in [6, 6.07) is 17.2. The van der Waals surface area contributed by atoms with Crippen molar-refractivity contribution in [2.45, 2.75) is 36.3 Å². The molecule has 3 aromatic rings. The maximum Gasteiger partial charge on any atom is 0.324 e. The van der Waals surface area contributed by atoms with Crippen LogP contribution in [-0.4, -0.2) is 55.9 Å². The topological polar surface area (TPSA) is 132 Å². The van der Waals surface area contributed by atoms with Crippen LogP contribution in [0, 0.1) is 5.92 Å². The molecule has 0 aliphatic carbocycles. The monoisotopic (exact) mass is 568 g/mol. The Balaban J connectivity index is 1.34. The first-order valence-corrected chi connectivity index (χ1v) is 13.7. The van der Waals surface area contributed by atoms with Crippen LogP contribution in [0.25, 0.3) is 11.1 Å². The average Bonchev–Trinajstić information content (AvgIpc) is 3.19. The number of urea groups is 1. The molecule has 11 heteroatoms. The number of imide groups is 1. The summed E-state index contributed by atoms with van der Waals surface area (Å²) < 4.78 is 0. The highest BCUT2D eigenvalue weighted by molar-refractivity contribution is 7.99. The molecule has 0 saturated carbocycles. The van der Waals surface area contributed by atoms with E-state index in [2.05, 4.69) is 10.3 Å². The van der Waals surface area contributed by atoms with Gasteiger partial charge in [-0.25, -0.2) is 10.3 Å². The van der Waals surface area contributed by atoms with Crippen LogP contribution in [0.1, 0.15) is 31.4 Å². The Kier molecular flexibility index (Phi) is 9.24. The van der Waals surface area contributed by atoms with Crippen LogP contribution in [0.2, 0.25) is 5.02 Å². The summed E-state index contributed by atoms with van der Waals surface area (Å²) >= 11 is 7.41. The molecule has 2 unspecified atom stereocenters. The number of hydrogen-bond donors (Lipinski definition) is 4. The zero-order valence-electron chi connectivity index (χ0n) is 21.2. The van der Waals surface area contributed by atoms with E-state index >= 15 is 0 Å².